The van der Waals surface area contributed by atoms with Gasteiger partial charge in [-0.05, 0) is 83.5 Å². The number of hydrogen-bond acceptors (Lipinski definition) is 8. The maximum absolute atomic E-state index is 12.8. The molecular formula is C82H146NO8P. The van der Waals surface area contributed by atoms with Crippen molar-refractivity contribution in [1.29, 1.82) is 0 Å². The number of nitrogens with two attached hydrogens (primary N) is 1. The molecule has 0 aromatic carbocycles. The number of phosphoric acid groups is 1. The molecule has 3 N–H and O–H groups in total. The lowest BCUT2D eigenvalue weighted by atomic mass is 10.0. The molecule has 10 heteroatoms. The second kappa shape index (κ2) is 76.7. The predicted molar refractivity (Wildman–Crippen MR) is 399 cm³/mol. The molecule has 0 heterocycles. The highest BCUT2D eigenvalue weighted by atomic mass is 31.2. The van der Waals surface area contributed by atoms with E-state index in [0.29, 0.717) is 6.42 Å². The Morgan fingerprint density at radius 2 is 0.598 bits per heavy atom. The Morgan fingerprint density at radius 1 is 0.337 bits per heavy atom. The first-order chi connectivity index (χ1) is 45.3. The van der Waals surface area contributed by atoms with Crippen LogP contribution in [0.3, 0.4) is 0 Å². The fraction of sp³-hybridized carbons (Fsp3) is 0.756. The lowest BCUT2D eigenvalue weighted by molar-refractivity contribution is -0.161. The van der Waals surface area contributed by atoms with E-state index >= 15 is 0 Å². The van der Waals surface area contributed by atoms with E-state index in [-0.39, 0.29) is 38.6 Å². The van der Waals surface area contributed by atoms with E-state index < -0.39 is 26.5 Å². The number of allylic oxidation sites excluding steroid dienone is 18. The summed E-state index contributed by atoms with van der Waals surface area (Å²) in [4.78, 5) is 35.4. The van der Waals surface area contributed by atoms with Crippen LogP contribution in [0.5, 0.6) is 0 Å². The molecule has 532 valence electrons. The highest BCUT2D eigenvalue weighted by molar-refractivity contribution is 7.47. The number of carbonyl (C=O) groups excluding carboxylic acids is 2. The first-order valence-electron chi connectivity index (χ1n) is 38.9. The number of rotatable bonds is 73. The minimum absolute atomic E-state index is 0.0517. The van der Waals surface area contributed by atoms with Crippen LogP contribution >= 0.6 is 7.82 Å². The molecule has 0 saturated carbocycles. The molecule has 9 nitrogen and oxygen atoms in total. The maximum Gasteiger partial charge on any atom is 0.472 e. The molecule has 0 amide bonds. The Bertz CT molecular complexity index is 1880. The van der Waals surface area contributed by atoms with E-state index in [0.717, 1.165) is 96.3 Å². The van der Waals surface area contributed by atoms with E-state index in [1.807, 2.05) is 0 Å². The molecule has 0 spiro atoms. The second-order valence-electron chi connectivity index (χ2n) is 25.9. The van der Waals surface area contributed by atoms with Gasteiger partial charge in [0, 0.05) is 19.4 Å². The quantitative estimate of drug-likeness (QED) is 0.0264. The van der Waals surface area contributed by atoms with E-state index in [9.17, 15) is 19.0 Å². The van der Waals surface area contributed by atoms with Crippen molar-refractivity contribution in [2.24, 2.45) is 5.73 Å². The van der Waals surface area contributed by atoms with Gasteiger partial charge in [-0.3, -0.25) is 18.6 Å². The molecule has 92 heavy (non-hydrogen) atoms. The molecule has 0 bridgehead atoms. The van der Waals surface area contributed by atoms with Gasteiger partial charge in [-0.15, -0.1) is 0 Å². The van der Waals surface area contributed by atoms with Crippen LogP contribution in [0.1, 0.15) is 367 Å². The first kappa shape index (κ1) is 88.7. The van der Waals surface area contributed by atoms with Gasteiger partial charge in [0.25, 0.3) is 0 Å². The highest BCUT2D eigenvalue weighted by Crippen LogP contribution is 2.43. The second-order valence-corrected chi connectivity index (χ2v) is 27.3. The number of hydrogen-bond donors (Lipinski definition) is 2. The SMILES string of the molecule is CC/C=C\C/C=C\C/C=C\C/C=C\C/C=C\C/C=C\C/C=C\C/C=C\C/C=C\CCCCCCCCCCCCCCCC(=O)OC(COC(=O)CCCCCCCCCCCCCCCCCCCCCCCCCCCCCCCC)COP(=O)(O)OCCN. The zero-order valence-electron chi connectivity index (χ0n) is 60.0. The molecule has 0 rings (SSSR count). The molecule has 0 aliphatic heterocycles. The number of carbonyl (C=O) groups is 2. The largest absolute Gasteiger partial charge is 0.472 e. The lowest BCUT2D eigenvalue weighted by Gasteiger charge is -2.19. The summed E-state index contributed by atoms with van der Waals surface area (Å²) < 4.78 is 33.3. The molecule has 0 aromatic rings. The van der Waals surface area contributed by atoms with Crippen LogP contribution in [0.4, 0.5) is 0 Å². The summed E-state index contributed by atoms with van der Waals surface area (Å²) in [7, 11) is -4.40. The zero-order chi connectivity index (χ0) is 66.5. The summed E-state index contributed by atoms with van der Waals surface area (Å²) in [6.45, 7) is 3.68. The monoisotopic (exact) mass is 1300 g/mol. The van der Waals surface area contributed by atoms with Crippen molar-refractivity contribution in [3.05, 3.63) is 109 Å². The Balaban J connectivity index is 3.85. The summed E-state index contributed by atoms with van der Waals surface area (Å²) >= 11 is 0. The van der Waals surface area contributed by atoms with E-state index in [4.69, 9.17) is 24.3 Å². The zero-order valence-corrected chi connectivity index (χ0v) is 60.9. The van der Waals surface area contributed by atoms with E-state index in [2.05, 4.69) is 123 Å². The van der Waals surface area contributed by atoms with Gasteiger partial charge in [0.15, 0.2) is 6.10 Å². The van der Waals surface area contributed by atoms with Crippen molar-refractivity contribution in [2.45, 2.75) is 373 Å². The van der Waals surface area contributed by atoms with Gasteiger partial charge in [-0.25, -0.2) is 4.57 Å². The molecule has 0 aliphatic carbocycles. The minimum Gasteiger partial charge on any atom is -0.462 e. The average molecular weight is 1310 g/mol. The summed E-state index contributed by atoms with van der Waals surface area (Å²) in [6, 6.07) is 0. The molecular weight excluding hydrogens is 1160 g/mol. The number of ether oxygens (including phenoxy) is 2. The smallest absolute Gasteiger partial charge is 0.462 e. The van der Waals surface area contributed by atoms with Crippen molar-refractivity contribution in [1.82, 2.24) is 0 Å². The van der Waals surface area contributed by atoms with Crippen LogP contribution in [0.25, 0.3) is 0 Å². The molecule has 0 saturated heterocycles. The molecule has 0 fully saturated rings. The Labute approximate surface area is 569 Å². The third-order valence-corrected chi connectivity index (χ3v) is 17.9. The number of unbranched alkanes of at least 4 members (excludes halogenated alkanes) is 42. The fourth-order valence-corrected chi connectivity index (χ4v) is 12.0. The number of phosphoric ester groups is 1. The topological polar surface area (TPSA) is 134 Å². The maximum atomic E-state index is 12.8. The Kier molecular flexibility index (Phi) is 73.9. The van der Waals surface area contributed by atoms with Gasteiger partial charge in [-0.2, -0.15) is 0 Å². The van der Waals surface area contributed by atoms with Crippen molar-refractivity contribution >= 4 is 19.8 Å². The van der Waals surface area contributed by atoms with Crippen molar-refractivity contribution in [3.63, 3.8) is 0 Å². The van der Waals surface area contributed by atoms with Crippen molar-refractivity contribution in [2.75, 3.05) is 26.4 Å². The summed E-state index contributed by atoms with van der Waals surface area (Å²) in [5, 5.41) is 0. The number of esters is 2. The summed E-state index contributed by atoms with van der Waals surface area (Å²) in [6.07, 6.45) is 106. The van der Waals surface area contributed by atoms with Crippen LogP contribution in [0.15, 0.2) is 109 Å². The van der Waals surface area contributed by atoms with Gasteiger partial charge in [0.2, 0.25) is 0 Å². The summed E-state index contributed by atoms with van der Waals surface area (Å²) in [5.74, 6) is -0.815. The Hall–Kier alpha value is -3.33. The fourth-order valence-electron chi connectivity index (χ4n) is 11.2. The molecule has 2 atom stereocenters. The molecule has 0 aliphatic rings. The molecule has 2 unspecified atom stereocenters. The van der Waals surface area contributed by atoms with Crippen LogP contribution in [0, 0.1) is 0 Å². The van der Waals surface area contributed by atoms with Crippen LogP contribution in [-0.4, -0.2) is 49.3 Å². The third-order valence-electron chi connectivity index (χ3n) is 16.9. The van der Waals surface area contributed by atoms with Gasteiger partial charge in [0.1, 0.15) is 6.61 Å². The predicted octanol–water partition coefficient (Wildman–Crippen LogP) is 26.0. The van der Waals surface area contributed by atoms with Gasteiger partial charge in [0.05, 0.1) is 13.2 Å². The Morgan fingerprint density at radius 3 is 0.891 bits per heavy atom. The lowest BCUT2D eigenvalue weighted by Crippen LogP contribution is -2.29. The van der Waals surface area contributed by atoms with Gasteiger partial charge >= 0.3 is 19.8 Å². The standard InChI is InChI=1S/C82H146NO8P/c1-3-5-7-9-11-13-15-17-19-21-23-25-27-29-31-33-35-36-37-38-39-40-41-42-43-44-45-47-49-51-53-55-57-59-61-63-65-67-69-71-73-75-82(85)91-80(79-90-92(86,87)89-77-76-83)78-88-81(84)74-72-70-68-66-64-62-60-58-56-54-52-50-48-46-34-32-30-28-26-24-22-20-18-16-14-12-10-8-6-4-2/h5,7,11,13,17,19,23,25,29,31,35-36,38-39,41-42,44-45,80H,3-4,6,8-10,12,14-16,18,20-22,24,26-28,30,32-34,37,40,43,46-79,83H2,1-2H3,(H,86,87)/b7-5-,13-11-,19-17-,25-23-,31-29-,36-35-,39-38-,42-41-,45-44-. The van der Waals surface area contributed by atoms with E-state index in [1.54, 1.807) is 0 Å². The van der Waals surface area contributed by atoms with Crippen molar-refractivity contribution in [3.8, 4) is 0 Å². The minimum atomic E-state index is -4.40. The molecule has 0 aromatic heterocycles. The summed E-state index contributed by atoms with van der Waals surface area (Å²) in [5.41, 5.74) is 5.41. The average Bonchev–Trinajstić information content (AvgIpc) is 2.98. The van der Waals surface area contributed by atoms with Crippen LogP contribution in [-0.2, 0) is 32.7 Å². The highest BCUT2D eigenvalue weighted by Gasteiger charge is 2.26. The molecule has 0 radical (unpaired) electrons. The third kappa shape index (κ3) is 75.7. The van der Waals surface area contributed by atoms with Crippen molar-refractivity contribution < 1.29 is 37.6 Å². The van der Waals surface area contributed by atoms with Gasteiger partial charge < -0.3 is 20.1 Å². The van der Waals surface area contributed by atoms with Crippen LogP contribution in [0.2, 0.25) is 0 Å². The first-order valence-corrected chi connectivity index (χ1v) is 40.4. The van der Waals surface area contributed by atoms with E-state index in [1.165, 1.54) is 238 Å². The normalized spacial score (nSPS) is 13.5. The van der Waals surface area contributed by atoms with Gasteiger partial charge in [-0.1, -0.05) is 380 Å². The van der Waals surface area contributed by atoms with Crippen LogP contribution < -0.4 is 5.73 Å².